The summed E-state index contributed by atoms with van der Waals surface area (Å²) in [6.07, 6.45) is -4.78. The zero-order chi connectivity index (χ0) is 16.7. The number of halogens is 7. The molecule has 0 saturated carbocycles. The summed E-state index contributed by atoms with van der Waals surface area (Å²) in [4.78, 5) is 1.06. The first-order chi connectivity index (χ1) is 10.0. The van der Waals surface area contributed by atoms with Crippen molar-refractivity contribution in [3.05, 3.63) is 23.8 Å². The van der Waals surface area contributed by atoms with Gasteiger partial charge >= 0.3 is 12.8 Å². The van der Waals surface area contributed by atoms with Gasteiger partial charge in [-0.15, -0.1) is 0 Å². The molecule has 0 spiro atoms. The molecule has 0 aromatic heterocycles. The van der Waals surface area contributed by atoms with Crippen molar-refractivity contribution in [2.24, 2.45) is 5.41 Å². The fourth-order valence-electron chi connectivity index (χ4n) is 2.37. The lowest BCUT2D eigenvalue weighted by molar-refractivity contribution is -0.209. The number of hydrogen-bond acceptors (Lipinski definition) is 2. The Labute approximate surface area is 121 Å². The highest BCUT2D eigenvalue weighted by Crippen LogP contribution is 2.47. The van der Waals surface area contributed by atoms with Gasteiger partial charge in [-0.05, 0) is 25.5 Å². The van der Waals surface area contributed by atoms with E-state index in [1.807, 2.05) is 0 Å². The van der Waals surface area contributed by atoms with Gasteiger partial charge in [-0.1, -0.05) is 0 Å². The highest BCUT2D eigenvalue weighted by atomic mass is 19.4. The Morgan fingerprint density at radius 1 is 1.23 bits per heavy atom. The van der Waals surface area contributed by atoms with Crippen LogP contribution in [0.1, 0.15) is 13.3 Å². The van der Waals surface area contributed by atoms with Gasteiger partial charge in [-0.2, -0.15) is 26.3 Å². The smallest absolute Gasteiger partial charge is 0.395 e. The summed E-state index contributed by atoms with van der Waals surface area (Å²) in [5.74, 6) is -4.16. The fourth-order valence-corrected chi connectivity index (χ4v) is 2.37. The minimum atomic E-state index is -4.50. The summed E-state index contributed by atoms with van der Waals surface area (Å²) in [5.41, 5.74) is -2.38. The van der Waals surface area contributed by atoms with Gasteiger partial charge < -0.3 is 9.64 Å². The van der Waals surface area contributed by atoms with Gasteiger partial charge in [-0.3, -0.25) is 0 Å². The van der Waals surface area contributed by atoms with Crippen LogP contribution in [0.2, 0.25) is 0 Å². The molecule has 1 heterocycles. The van der Waals surface area contributed by atoms with Crippen LogP contribution in [0.15, 0.2) is 12.1 Å². The molecule has 1 saturated heterocycles. The Morgan fingerprint density at radius 3 is 2.36 bits per heavy atom. The van der Waals surface area contributed by atoms with Gasteiger partial charge in [-0.25, -0.2) is 4.39 Å². The molecule has 1 aromatic rings. The largest absolute Gasteiger partial charge is 0.429 e. The van der Waals surface area contributed by atoms with Crippen molar-refractivity contribution in [3.8, 4) is 5.75 Å². The summed E-state index contributed by atoms with van der Waals surface area (Å²) in [5, 5.41) is 0. The van der Waals surface area contributed by atoms with Crippen molar-refractivity contribution >= 4 is 5.69 Å². The van der Waals surface area contributed by atoms with Crippen molar-refractivity contribution in [2.75, 3.05) is 18.0 Å². The Kier molecular flexibility index (Phi) is 4.18. The van der Waals surface area contributed by atoms with E-state index >= 15 is 0 Å². The number of anilines is 1. The van der Waals surface area contributed by atoms with Crippen LogP contribution in [0.4, 0.5) is 36.4 Å². The van der Waals surface area contributed by atoms with Gasteiger partial charge in [0.05, 0.1) is 11.1 Å². The fraction of sp³-hybridized carbons (Fsp3) is 0.538. The molecule has 22 heavy (non-hydrogen) atoms. The van der Waals surface area contributed by atoms with Crippen LogP contribution in [0.5, 0.6) is 5.75 Å². The molecule has 1 aliphatic rings. The molecule has 1 aromatic carbocycles. The monoisotopic (exact) mass is 331 g/mol. The zero-order valence-corrected chi connectivity index (χ0v) is 11.4. The second-order valence-corrected chi connectivity index (χ2v) is 5.32. The first-order valence-electron chi connectivity index (χ1n) is 6.30. The van der Waals surface area contributed by atoms with E-state index < -0.39 is 42.1 Å². The van der Waals surface area contributed by atoms with Crippen molar-refractivity contribution < 1.29 is 35.5 Å². The Morgan fingerprint density at radius 2 is 1.86 bits per heavy atom. The summed E-state index contributed by atoms with van der Waals surface area (Å²) < 4.78 is 94.3. The van der Waals surface area contributed by atoms with Crippen LogP contribution in [0, 0.1) is 17.0 Å². The quantitative estimate of drug-likeness (QED) is 0.764. The predicted octanol–water partition coefficient (Wildman–Crippen LogP) is 4.34. The molecule has 0 aliphatic carbocycles. The van der Waals surface area contributed by atoms with Crippen LogP contribution in [0.25, 0.3) is 0 Å². The number of ether oxygens (including phenoxy) is 1. The number of alkyl halides is 5. The summed E-state index contributed by atoms with van der Waals surface area (Å²) in [7, 11) is 0. The first kappa shape index (κ1) is 16.7. The Balaban J connectivity index is 2.36. The maximum absolute atomic E-state index is 13.6. The molecule has 1 fully saturated rings. The van der Waals surface area contributed by atoms with Gasteiger partial charge in [0.25, 0.3) is 0 Å². The van der Waals surface area contributed by atoms with E-state index in [4.69, 9.17) is 0 Å². The van der Waals surface area contributed by atoms with Gasteiger partial charge in [0.2, 0.25) is 5.82 Å². The van der Waals surface area contributed by atoms with Gasteiger partial charge in [0.1, 0.15) is 0 Å². The third-order valence-corrected chi connectivity index (χ3v) is 3.73. The topological polar surface area (TPSA) is 12.5 Å². The van der Waals surface area contributed by atoms with E-state index in [1.165, 1.54) is 0 Å². The van der Waals surface area contributed by atoms with Crippen LogP contribution in [-0.4, -0.2) is 25.9 Å². The van der Waals surface area contributed by atoms with E-state index in [0.29, 0.717) is 6.07 Å². The third kappa shape index (κ3) is 2.93. The molecular weight excluding hydrogens is 319 g/mol. The van der Waals surface area contributed by atoms with E-state index in [2.05, 4.69) is 4.74 Å². The molecule has 1 unspecified atom stereocenters. The van der Waals surface area contributed by atoms with E-state index in [1.54, 1.807) is 0 Å². The van der Waals surface area contributed by atoms with E-state index in [-0.39, 0.29) is 18.7 Å². The standard InChI is InChI=1S/C13H12F7NO/c1-12(13(18,19)20)4-5-21(6-12)8-3-2-7(14)9(15)10(8)22-11(16)17/h2-3,11H,4-6H2,1H3. The summed E-state index contributed by atoms with van der Waals surface area (Å²) in [6.45, 7) is -3.13. The van der Waals surface area contributed by atoms with E-state index in [9.17, 15) is 30.7 Å². The molecule has 0 N–H and O–H groups in total. The lowest BCUT2D eigenvalue weighted by Gasteiger charge is -2.28. The minimum absolute atomic E-state index is 0.138. The molecule has 2 rings (SSSR count). The molecular formula is C13H12F7NO. The van der Waals surface area contributed by atoms with E-state index in [0.717, 1.165) is 17.9 Å². The highest BCUT2D eigenvalue weighted by molar-refractivity contribution is 5.60. The number of nitrogens with zero attached hydrogens (tertiary/aromatic N) is 1. The van der Waals surface area contributed by atoms with Crippen LogP contribution in [-0.2, 0) is 0 Å². The van der Waals surface area contributed by atoms with Crippen LogP contribution < -0.4 is 9.64 Å². The lowest BCUT2D eigenvalue weighted by Crippen LogP contribution is -2.38. The molecule has 1 aliphatic heterocycles. The molecule has 0 radical (unpaired) electrons. The molecule has 0 amide bonds. The number of benzene rings is 1. The third-order valence-electron chi connectivity index (χ3n) is 3.73. The second-order valence-electron chi connectivity index (χ2n) is 5.32. The first-order valence-corrected chi connectivity index (χ1v) is 6.30. The highest BCUT2D eigenvalue weighted by Gasteiger charge is 2.54. The SMILES string of the molecule is CC1(C(F)(F)F)CCN(c2ccc(F)c(F)c2OC(F)F)C1. The average Bonchev–Trinajstić information content (AvgIpc) is 2.78. The molecule has 124 valence electrons. The maximum Gasteiger partial charge on any atom is 0.395 e. The molecule has 1 atom stereocenters. The average molecular weight is 331 g/mol. The van der Waals surface area contributed by atoms with Crippen LogP contribution in [0.3, 0.4) is 0 Å². The zero-order valence-electron chi connectivity index (χ0n) is 11.4. The second kappa shape index (κ2) is 5.51. The Bertz CT molecular complexity index is 560. The van der Waals surface area contributed by atoms with Crippen molar-refractivity contribution in [1.29, 1.82) is 0 Å². The van der Waals surface area contributed by atoms with Gasteiger partial charge in [0.15, 0.2) is 11.6 Å². The Hall–Kier alpha value is -1.67. The molecule has 2 nitrogen and oxygen atoms in total. The van der Waals surface area contributed by atoms with Crippen molar-refractivity contribution in [1.82, 2.24) is 0 Å². The normalized spacial score (nSPS) is 22.5. The van der Waals surface area contributed by atoms with Crippen molar-refractivity contribution in [2.45, 2.75) is 26.1 Å². The van der Waals surface area contributed by atoms with Crippen LogP contribution >= 0.6 is 0 Å². The minimum Gasteiger partial charge on any atom is -0.429 e. The molecule has 9 heteroatoms. The number of rotatable bonds is 3. The van der Waals surface area contributed by atoms with Crippen molar-refractivity contribution in [3.63, 3.8) is 0 Å². The summed E-state index contributed by atoms with van der Waals surface area (Å²) >= 11 is 0. The van der Waals surface area contributed by atoms with Gasteiger partial charge in [0, 0.05) is 13.1 Å². The summed E-state index contributed by atoms with van der Waals surface area (Å²) in [6, 6.07) is 1.59. The molecule has 0 bridgehead atoms. The predicted molar refractivity (Wildman–Crippen MR) is 64.0 cm³/mol. The lowest BCUT2D eigenvalue weighted by atomic mass is 9.89. The number of hydrogen-bond donors (Lipinski definition) is 0. The maximum atomic E-state index is 13.6.